The highest BCUT2D eigenvalue weighted by Gasteiger charge is 2.28. The first-order valence-corrected chi connectivity index (χ1v) is 12.8. The van der Waals surface area contributed by atoms with Crippen LogP contribution in [0.15, 0.2) is 47.4 Å². The summed E-state index contributed by atoms with van der Waals surface area (Å²) in [6, 6.07) is 11.4. The molecule has 0 bridgehead atoms. The maximum Gasteiger partial charge on any atom is 0.338 e. The SMILES string of the molecule is Cc1ccccc1C(C)NC(=O)COC(=O)c1ccc(Cl)c(S(=O)(=O)N2CCCCCC2)c1. The smallest absolute Gasteiger partial charge is 0.338 e. The van der Waals surface area contributed by atoms with E-state index in [1.165, 1.54) is 22.5 Å². The number of carbonyl (C=O) groups excluding carboxylic acids is 2. The van der Waals surface area contributed by atoms with Gasteiger partial charge in [0.1, 0.15) is 4.90 Å². The van der Waals surface area contributed by atoms with Gasteiger partial charge in [0.05, 0.1) is 16.6 Å². The lowest BCUT2D eigenvalue weighted by Gasteiger charge is -2.21. The number of sulfonamides is 1. The Kier molecular flexibility index (Phi) is 8.51. The normalized spacial score (nSPS) is 16.0. The molecule has 1 amide bonds. The summed E-state index contributed by atoms with van der Waals surface area (Å²) >= 11 is 6.18. The summed E-state index contributed by atoms with van der Waals surface area (Å²) in [6.45, 7) is 4.17. The Labute approximate surface area is 200 Å². The van der Waals surface area contributed by atoms with E-state index in [4.69, 9.17) is 16.3 Å². The number of amides is 1. The summed E-state index contributed by atoms with van der Waals surface area (Å²) in [4.78, 5) is 24.7. The molecule has 1 heterocycles. The highest BCUT2D eigenvalue weighted by Crippen LogP contribution is 2.28. The molecule has 0 aromatic heterocycles. The van der Waals surface area contributed by atoms with E-state index >= 15 is 0 Å². The predicted molar refractivity (Wildman–Crippen MR) is 127 cm³/mol. The minimum atomic E-state index is -3.84. The molecule has 1 atom stereocenters. The number of nitrogens with one attached hydrogen (secondary N) is 1. The Morgan fingerprint density at radius 1 is 1.09 bits per heavy atom. The van der Waals surface area contributed by atoms with Crippen LogP contribution in [-0.2, 0) is 19.6 Å². The molecular formula is C24H29ClN2O5S. The van der Waals surface area contributed by atoms with Gasteiger partial charge in [0.25, 0.3) is 5.91 Å². The topological polar surface area (TPSA) is 92.8 Å². The van der Waals surface area contributed by atoms with Crippen molar-refractivity contribution in [3.63, 3.8) is 0 Å². The first-order valence-electron chi connectivity index (χ1n) is 11.0. The molecular weight excluding hydrogens is 464 g/mol. The molecule has 33 heavy (non-hydrogen) atoms. The average molecular weight is 493 g/mol. The number of nitrogens with zero attached hydrogens (tertiary/aromatic N) is 1. The molecule has 0 saturated carbocycles. The van der Waals surface area contributed by atoms with E-state index in [1.807, 2.05) is 38.1 Å². The van der Waals surface area contributed by atoms with E-state index in [0.717, 1.165) is 36.8 Å². The van der Waals surface area contributed by atoms with Crippen LogP contribution in [0.5, 0.6) is 0 Å². The van der Waals surface area contributed by atoms with E-state index in [9.17, 15) is 18.0 Å². The molecule has 7 nitrogen and oxygen atoms in total. The summed E-state index contributed by atoms with van der Waals surface area (Å²) in [5, 5.41) is 2.84. The number of rotatable bonds is 7. The highest BCUT2D eigenvalue weighted by atomic mass is 35.5. The molecule has 9 heteroatoms. The number of hydrogen-bond acceptors (Lipinski definition) is 5. The lowest BCUT2D eigenvalue weighted by molar-refractivity contribution is -0.124. The lowest BCUT2D eigenvalue weighted by Crippen LogP contribution is -2.32. The van der Waals surface area contributed by atoms with Gasteiger partial charge in [-0.2, -0.15) is 4.31 Å². The zero-order valence-corrected chi connectivity index (χ0v) is 20.4. The molecule has 1 aliphatic heterocycles. The predicted octanol–water partition coefficient (Wildman–Crippen LogP) is 4.25. The number of ether oxygens (including phenoxy) is 1. The van der Waals surface area contributed by atoms with Crippen LogP contribution in [-0.4, -0.2) is 44.3 Å². The third-order valence-corrected chi connectivity index (χ3v) is 8.10. The Hall–Kier alpha value is -2.42. The third kappa shape index (κ3) is 6.34. The molecule has 1 aliphatic rings. The van der Waals surface area contributed by atoms with Crippen molar-refractivity contribution in [2.75, 3.05) is 19.7 Å². The minimum Gasteiger partial charge on any atom is -0.452 e. The molecule has 1 N–H and O–H groups in total. The fourth-order valence-corrected chi connectivity index (χ4v) is 5.91. The van der Waals surface area contributed by atoms with Gasteiger partial charge < -0.3 is 10.1 Å². The first kappa shape index (κ1) is 25.2. The van der Waals surface area contributed by atoms with Gasteiger partial charge in [0.2, 0.25) is 10.0 Å². The van der Waals surface area contributed by atoms with Crippen molar-refractivity contribution in [2.45, 2.75) is 50.5 Å². The Morgan fingerprint density at radius 3 is 2.42 bits per heavy atom. The van der Waals surface area contributed by atoms with E-state index in [-0.39, 0.29) is 21.5 Å². The fourth-order valence-electron chi connectivity index (χ4n) is 3.90. The van der Waals surface area contributed by atoms with Gasteiger partial charge in [-0.1, -0.05) is 48.7 Å². The Bertz CT molecular complexity index is 1110. The van der Waals surface area contributed by atoms with E-state index < -0.39 is 28.5 Å². The summed E-state index contributed by atoms with van der Waals surface area (Å²) in [5.74, 6) is -1.25. The van der Waals surface area contributed by atoms with Crippen LogP contribution in [0.25, 0.3) is 0 Å². The summed E-state index contributed by atoms with van der Waals surface area (Å²) in [7, 11) is -3.84. The van der Waals surface area contributed by atoms with Crippen molar-refractivity contribution in [1.82, 2.24) is 9.62 Å². The van der Waals surface area contributed by atoms with Crippen molar-refractivity contribution in [2.24, 2.45) is 0 Å². The van der Waals surface area contributed by atoms with Crippen molar-refractivity contribution in [3.8, 4) is 0 Å². The largest absolute Gasteiger partial charge is 0.452 e. The van der Waals surface area contributed by atoms with Crippen LogP contribution < -0.4 is 5.32 Å². The molecule has 1 fully saturated rings. The Morgan fingerprint density at radius 2 is 1.76 bits per heavy atom. The van der Waals surface area contributed by atoms with Gasteiger partial charge in [-0.15, -0.1) is 0 Å². The minimum absolute atomic E-state index is 0.0209. The van der Waals surface area contributed by atoms with Gasteiger partial charge in [-0.05, 0) is 56.0 Å². The molecule has 2 aromatic carbocycles. The van der Waals surface area contributed by atoms with Crippen LogP contribution in [0.4, 0.5) is 0 Å². The molecule has 0 spiro atoms. The zero-order chi connectivity index (χ0) is 24.0. The second-order valence-corrected chi connectivity index (χ2v) is 10.5. The molecule has 1 saturated heterocycles. The van der Waals surface area contributed by atoms with Gasteiger partial charge in [-0.3, -0.25) is 4.79 Å². The average Bonchev–Trinajstić information content (AvgIpc) is 3.08. The van der Waals surface area contributed by atoms with Crippen LogP contribution >= 0.6 is 11.6 Å². The number of halogens is 1. The van der Waals surface area contributed by atoms with Gasteiger partial charge in [-0.25, -0.2) is 13.2 Å². The number of aryl methyl sites for hydroxylation is 1. The number of esters is 1. The second-order valence-electron chi connectivity index (χ2n) is 8.19. The maximum absolute atomic E-state index is 13.1. The fraction of sp³-hybridized carbons (Fsp3) is 0.417. The number of hydrogen-bond donors (Lipinski definition) is 1. The highest BCUT2D eigenvalue weighted by molar-refractivity contribution is 7.89. The third-order valence-electron chi connectivity index (χ3n) is 5.72. The van der Waals surface area contributed by atoms with E-state index in [0.29, 0.717) is 13.1 Å². The maximum atomic E-state index is 13.1. The number of benzene rings is 2. The molecule has 2 aromatic rings. The van der Waals surface area contributed by atoms with Crippen LogP contribution in [0, 0.1) is 6.92 Å². The van der Waals surface area contributed by atoms with Crippen LogP contribution in [0.2, 0.25) is 5.02 Å². The van der Waals surface area contributed by atoms with Gasteiger partial charge in [0, 0.05) is 13.1 Å². The van der Waals surface area contributed by atoms with Crippen molar-refractivity contribution < 1.29 is 22.7 Å². The van der Waals surface area contributed by atoms with Gasteiger partial charge in [0.15, 0.2) is 6.61 Å². The van der Waals surface area contributed by atoms with E-state index in [2.05, 4.69) is 5.32 Å². The van der Waals surface area contributed by atoms with Crippen molar-refractivity contribution in [3.05, 3.63) is 64.2 Å². The molecule has 3 rings (SSSR count). The molecule has 1 unspecified atom stereocenters. The van der Waals surface area contributed by atoms with Crippen LogP contribution in [0.1, 0.15) is 60.1 Å². The number of carbonyl (C=O) groups is 2. The summed E-state index contributed by atoms with van der Waals surface area (Å²) < 4.78 is 32.8. The van der Waals surface area contributed by atoms with Crippen molar-refractivity contribution in [1.29, 1.82) is 0 Å². The van der Waals surface area contributed by atoms with Crippen molar-refractivity contribution >= 4 is 33.5 Å². The molecule has 178 valence electrons. The van der Waals surface area contributed by atoms with E-state index in [1.54, 1.807) is 0 Å². The molecule has 0 aliphatic carbocycles. The quantitative estimate of drug-likeness (QED) is 0.583. The summed E-state index contributed by atoms with van der Waals surface area (Å²) in [6.07, 6.45) is 3.54. The monoisotopic (exact) mass is 492 g/mol. The van der Waals surface area contributed by atoms with Gasteiger partial charge >= 0.3 is 5.97 Å². The molecule has 0 radical (unpaired) electrons. The first-order chi connectivity index (χ1) is 15.7. The lowest BCUT2D eigenvalue weighted by atomic mass is 10.0. The standard InChI is InChI=1S/C24H29ClN2O5S/c1-17-9-5-6-10-20(17)18(2)26-23(28)16-32-24(29)19-11-12-21(25)22(15-19)33(30,31)27-13-7-3-4-8-14-27/h5-6,9-12,15,18H,3-4,7-8,13-14,16H2,1-2H3,(H,26,28). The Balaban J connectivity index is 1.65. The van der Waals surface area contributed by atoms with Crippen LogP contribution in [0.3, 0.4) is 0 Å². The zero-order valence-electron chi connectivity index (χ0n) is 18.8. The summed E-state index contributed by atoms with van der Waals surface area (Å²) in [5.41, 5.74) is 2.03. The second kappa shape index (κ2) is 11.1.